The smallest absolute Gasteiger partial charge is 0.305 e. The van der Waals surface area contributed by atoms with Crippen molar-refractivity contribution in [2.24, 2.45) is 5.92 Å². The number of hydrogen-bond donors (Lipinski definition) is 2. The fourth-order valence-corrected chi connectivity index (χ4v) is 2.61. The Hall–Kier alpha value is -2.37. The number of halogens is 1. The van der Waals surface area contributed by atoms with E-state index in [-0.39, 0.29) is 30.6 Å². The summed E-state index contributed by atoms with van der Waals surface area (Å²) in [5, 5.41) is 9.63. The first-order chi connectivity index (χ1) is 10.8. The zero-order valence-corrected chi connectivity index (χ0v) is 13.5. The maximum absolute atomic E-state index is 13.5. The van der Waals surface area contributed by atoms with Crippen LogP contribution in [0.25, 0.3) is 10.9 Å². The molecule has 2 N–H and O–H groups in total. The molecule has 0 aliphatic carbocycles. The Morgan fingerprint density at radius 1 is 1.30 bits per heavy atom. The fraction of sp³-hybridized carbons (Fsp3) is 0.412. The van der Waals surface area contributed by atoms with Crippen molar-refractivity contribution in [2.75, 3.05) is 13.1 Å². The fourth-order valence-electron chi connectivity index (χ4n) is 2.61. The molecule has 0 spiro atoms. The van der Waals surface area contributed by atoms with E-state index in [2.05, 4.69) is 4.98 Å². The second-order valence-electron chi connectivity index (χ2n) is 6.16. The summed E-state index contributed by atoms with van der Waals surface area (Å²) in [6.07, 6.45) is -0.105. The average molecular weight is 320 g/mol. The Labute approximate surface area is 134 Å². The van der Waals surface area contributed by atoms with Crippen molar-refractivity contribution in [3.8, 4) is 0 Å². The molecule has 1 aromatic heterocycles. The second kappa shape index (κ2) is 6.81. The van der Waals surface area contributed by atoms with Crippen LogP contribution in [0.2, 0.25) is 0 Å². The standard InChI is InChI=1S/C17H21FN2O3/c1-10(2)9-20(5-4-16(21)22)17(23)15-8-13-11(3)6-12(18)7-14(13)19-15/h6-8,10,19H,4-5,9H2,1-3H3,(H,21,22). The van der Waals surface area contributed by atoms with E-state index >= 15 is 0 Å². The van der Waals surface area contributed by atoms with Gasteiger partial charge < -0.3 is 15.0 Å². The number of carboxylic acid groups (broad SMARTS) is 1. The van der Waals surface area contributed by atoms with E-state index in [9.17, 15) is 14.0 Å². The summed E-state index contributed by atoms with van der Waals surface area (Å²) < 4.78 is 13.5. The minimum Gasteiger partial charge on any atom is -0.481 e. The number of hydrogen-bond acceptors (Lipinski definition) is 2. The van der Waals surface area contributed by atoms with Crippen LogP contribution in [-0.2, 0) is 4.79 Å². The number of aromatic nitrogens is 1. The predicted octanol–water partition coefficient (Wildman–Crippen LogP) is 3.19. The van der Waals surface area contributed by atoms with Gasteiger partial charge in [-0.2, -0.15) is 0 Å². The van der Waals surface area contributed by atoms with Crippen LogP contribution < -0.4 is 0 Å². The van der Waals surface area contributed by atoms with Crippen LogP contribution in [0.15, 0.2) is 18.2 Å². The highest BCUT2D eigenvalue weighted by molar-refractivity contribution is 5.99. The molecular formula is C17H21FN2O3. The number of aryl methyl sites for hydroxylation is 1. The van der Waals surface area contributed by atoms with E-state index < -0.39 is 5.97 Å². The molecule has 2 rings (SSSR count). The molecule has 124 valence electrons. The molecule has 6 heteroatoms. The third-order valence-electron chi connectivity index (χ3n) is 3.61. The van der Waals surface area contributed by atoms with Crippen molar-refractivity contribution in [1.82, 2.24) is 9.88 Å². The Morgan fingerprint density at radius 3 is 2.61 bits per heavy atom. The van der Waals surface area contributed by atoms with Crippen molar-refractivity contribution in [1.29, 1.82) is 0 Å². The van der Waals surface area contributed by atoms with E-state index in [0.29, 0.717) is 17.8 Å². The number of carbonyl (C=O) groups is 2. The molecule has 1 aromatic carbocycles. The Kier molecular flexibility index (Phi) is 5.03. The quantitative estimate of drug-likeness (QED) is 0.858. The summed E-state index contributed by atoms with van der Waals surface area (Å²) in [7, 11) is 0. The first kappa shape index (κ1) is 17.0. The molecule has 0 atom stereocenters. The molecule has 1 amide bonds. The summed E-state index contributed by atoms with van der Waals surface area (Å²) in [4.78, 5) is 27.9. The number of H-pyrrole nitrogens is 1. The van der Waals surface area contributed by atoms with E-state index in [1.807, 2.05) is 13.8 Å². The minimum absolute atomic E-state index is 0.105. The normalized spacial score (nSPS) is 11.2. The summed E-state index contributed by atoms with van der Waals surface area (Å²) in [5.74, 6) is -1.35. The maximum Gasteiger partial charge on any atom is 0.305 e. The van der Waals surface area contributed by atoms with Crippen molar-refractivity contribution in [3.05, 3.63) is 35.3 Å². The molecule has 0 unspecified atom stereocenters. The van der Waals surface area contributed by atoms with E-state index in [4.69, 9.17) is 5.11 Å². The van der Waals surface area contributed by atoms with Gasteiger partial charge in [0.05, 0.1) is 6.42 Å². The summed E-state index contributed by atoms with van der Waals surface area (Å²) in [6, 6.07) is 4.46. The number of fused-ring (bicyclic) bond motifs is 1. The van der Waals surface area contributed by atoms with Gasteiger partial charge in [0.2, 0.25) is 0 Å². The topological polar surface area (TPSA) is 73.4 Å². The Bertz CT molecular complexity index is 737. The van der Waals surface area contributed by atoms with Gasteiger partial charge in [0.15, 0.2) is 0 Å². The van der Waals surface area contributed by atoms with Crippen LogP contribution in [0.3, 0.4) is 0 Å². The van der Waals surface area contributed by atoms with Crippen molar-refractivity contribution in [3.63, 3.8) is 0 Å². The highest BCUT2D eigenvalue weighted by Crippen LogP contribution is 2.22. The number of rotatable bonds is 6. The Morgan fingerprint density at radius 2 is 2.00 bits per heavy atom. The van der Waals surface area contributed by atoms with Gasteiger partial charge in [-0.15, -0.1) is 0 Å². The minimum atomic E-state index is -0.943. The van der Waals surface area contributed by atoms with Gasteiger partial charge in [0.1, 0.15) is 11.5 Å². The largest absolute Gasteiger partial charge is 0.481 e. The van der Waals surface area contributed by atoms with Crippen LogP contribution in [-0.4, -0.2) is 40.0 Å². The molecule has 5 nitrogen and oxygen atoms in total. The first-order valence-electron chi connectivity index (χ1n) is 7.58. The van der Waals surface area contributed by atoms with E-state index in [0.717, 1.165) is 10.9 Å². The number of benzene rings is 1. The molecule has 23 heavy (non-hydrogen) atoms. The molecular weight excluding hydrogens is 299 g/mol. The number of nitrogens with one attached hydrogen (secondary N) is 1. The van der Waals surface area contributed by atoms with Crippen molar-refractivity contribution < 1.29 is 19.1 Å². The number of aliphatic carboxylic acids is 1. The summed E-state index contributed by atoms with van der Waals surface area (Å²) >= 11 is 0. The third-order valence-corrected chi connectivity index (χ3v) is 3.61. The van der Waals surface area contributed by atoms with Gasteiger partial charge >= 0.3 is 5.97 Å². The van der Waals surface area contributed by atoms with Gasteiger partial charge in [-0.3, -0.25) is 9.59 Å². The molecule has 0 fully saturated rings. The van der Waals surface area contributed by atoms with Gasteiger partial charge in [-0.1, -0.05) is 13.8 Å². The highest BCUT2D eigenvalue weighted by atomic mass is 19.1. The Balaban J connectivity index is 2.31. The van der Waals surface area contributed by atoms with Gasteiger partial charge in [0, 0.05) is 24.0 Å². The highest BCUT2D eigenvalue weighted by Gasteiger charge is 2.20. The summed E-state index contributed by atoms with van der Waals surface area (Å²) in [6.45, 7) is 6.32. The van der Waals surface area contributed by atoms with Crippen molar-refractivity contribution in [2.45, 2.75) is 27.2 Å². The molecule has 1 heterocycles. The SMILES string of the molecule is Cc1cc(F)cc2[nH]c(C(=O)N(CCC(=O)O)CC(C)C)cc12. The monoisotopic (exact) mass is 320 g/mol. The number of carbonyl (C=O) groups excluding carboxylic acids is 1. The summed E-state index contributed by atoms with van der Waals surface area (Å²) in [5.41, 5.74) is 1.66. The third kappa shape index (κ3) is 4.09. The van der Waals surface area contributed by atoms with Crippen LogP contribution in [0.1, 0.15) is 36.3 Å². The van der Waals surface area contributed by atoms with Crippen molar-refractivity contribution >= 4 is 22.8 Å². The molecule has 0 radical (unpaired) electrons. The predicted molar refractivity (Wildman–Crippen MR) is 86.0 cm³/mol. The molecule has 0 saturated carbocycles. The number of amides is 1. The van der Waals surface area contributed by atoms with Crippen LogP contribution in [0.4, 0.5) is 4.39 Å². The van der Waals surface area contributed by atoms with Crippen LogP contribution >= 0.6 is 0 Å². The lowest BCUT2D eigenvalue weighted by atomic mass is 10.1. The van der Waals surface area contributed by atoms with Crippen LogP contribution in [0.5, 0.6) is 0 Å². The molecule has 0 bridgehead atoms. The maximum atomic E-state index is 13.5. The zero-order valence-electron chi connectivity index (χ0n) is 13.5. The lowest BCUT2D eigenvalue weighted by Crippen LogP contribution is -2.36. The van der Waals surface area contributed by atoms with E-state index in [1.165, 1.54) is 17.0 Å². The molecule has 0 aliphatic heterocycles. The van der Waals surface area contributed by atoms with Crippen LogP contribution in [0, 0.1) is 18.7 Å². The number of nitrogens with zero attached hydrogens (tertiary/aromatic N) is 1. The van der Waals surface area contributed by atoms with E-state index in [1.54, 1.807) is 13.0 Å². The zero-order chi connectivity index (χ0) is 17.1. The second-order valence-corrected chi connectivity index (χ2v) is 6.16. The van der Waals surface area contributed by atoms with Gasteiger partial charge in [0.25, 0.3) is 5.91 Å². The molecule has 0 aliphatic rings. The lowest BCUT2D eigenvalue weighted by molar-refractivity contribution is -0.137. The first-order valence-corrected chi connectivity index (χ1v) is 7.58. The number of aromatic amines is 1. The average Bonchev–Trinajstić information content (AvgIpc) is 2.86. The number of carboxylic acids is 1. The van der Waals surface area contributed by atoms with Gasteiger partial charge in [-0.05, 0) is 36.6 Å². The molecule has 0 saturated heterocycles. The lowest BCUT2D eigenvalue weighted by Gasteiger charge is -2.23. The molecule has 2 aromatic rings. The van der Waals surface area contributed by atoms with Gasteiger partial charge in [-0.25, -0.2) is 4.39 Å².